The molecule has 0 radical (unpaired) electrons. The highest BCUT2D eigenvalue weighted by molar-refractivity contribution is 6.33. The lowest BCUT2D eigenvalue weighted by Gasteiger charge is -2.23. The minimum atomic E-state index is 0.129. The van der Waals surface area contributed by atoms with E-state index in [1.165, 1.54) is 5.56 Å². The Hall–Kier alpha value is -1.68. The lowest BCUT2D eigenvalue weighted by atomic mass is 9.84. The molecule has 0 spiro atoms. The molecule has 1 aromatic carbocycles. The average Bonchev–Trinajstić information content (AvgIpc) is 2.78. The van der Waals surface area contributed by atoms with Gasteiger partial charge in [-0.2, -0.15) is 5.10 Å². The van der Waals surface area contributed by atoms with E-state index in [1.807, 2.05) is 6.92 Å². The van der Waals surface area contributed by atoms with Gasteiger partial charge in [-0.25, -0.2) is 0 Å². The van der Waals surface area contributed by atoms with E-state index in [9.17, 15) is 5.11 Å². The fourth-order valence-electron chi connectivity index (χ4n) is 3.11. The van der Waals surface area contributed by atoms with Gasteiger partial charge in [0.2, 0.25) is 0 Å². The predicted octanol–water partition coefficient (Wildman–Crippen LogP) is 3.22. The molecule has 0 bridgehead atoms. The Morgan fingerprint density at radius 1 is 1.30 bits per heavy atom. The Kier molecular flexibility index (Phi) is 3.13. The summed E-state index contributed by atoms with van der Waals surface area (Å²) < 4.78 is 1.60. The number of fused-ring (bicyclic) bond motifs is 1. The molecule has 3 rings (SSSR count). The number of phenolic OH excluding ortho intramolecular Hbond substituents is 1. The van der Waals surface area contributed by atoms with Crippen molar-refractivity contribution in [3.63, 3.8) is 0 Å². The summed E-state index contributed by atoms with van der Waals surface area (Å²) >= 11 is 6.38. The van der Waals surface area contributed by atoms with Gasteiger partial charge in [0.15, 0.2) is 0 Å². The second kappa shape index (κ2) is 4.70. The van der Waals surface area contributed by atoms with E-state index in [0.717, 1.165) is 47.9 Å². The molecule has 4 nitrogen and oxygen atoms in total. The number of halogens is 1. The molecule has 0 saturated carbocycles. The van der Waals surface area contributed by atoms with Gasteiger partial charge in [0.05, 0.1) is 11.2 Å². The molecular formula is C15H18ClN3O. The summed E-state index contributed by atoms with van der Waals surface area (Å²) in [6.07, 6.45) is 5.92. The van der Waals surface area contributed by atoms with Crippen molar-refractivity contribution < 1.29 is 5.11 Å². The lowest BCUT2D eigenvalue weighted by molar-refractivity contribution is 0.475. The van der Waals surface area contributed by atoms with Crippen LogP contribution in [-0.4, -0.2) is 14.9 Å². The highest BCUT2D eigenvalue weighted by atomic mass is 35.5. The molecule has 0 saturated heterocycles. The van der Waals surface area contributed by atoms with Gasteiger partial charge in [-0.15, -0.1) is 0 Å². The first-order chi connectivity index (χ1) is 9.52. The molecule has 5 heteroatoms. The first-order valence-electron chi connectivity index (χ1n) is 6.83. The number of nitrogen functional groups attached to an aromatic ring is 1. The van der Waals surface area contributed by atoms with Crippen LogP contribution in [0.5, 0.6) is 5.75 Å². The van der Waals surface area contributed by atoms with Crippen molar-refractivity contribution in [1.82, 2.24) is 9.78 Å². The van der Waals surface area contributed by atoms with Gasteiger partial charge in [0, 0.05) is 18.2 Å². The summed E-state index contributed by atoms with van der Waals surface area (Å²) in [6.45, 7) is 2.03. The Balaban J connectivity index is 2.31. The zero-order valence-corrected chi connectivity index (χ0v) is 12.5. The van der Waals surface area contributed by atoms with E-state index < -0.39 is 0 Å². The van der Waals surface area contributed by atoms with Crippen molar-refractivity contribution in [3.8, 4) is 16.9 Å². The molecule has 3 N–H and O–H groups in total. The molecule has 0 fully saturated rings. The van der Waals surface area contributed by atoms with Gasteiger partial charge in [-0.05, 0) is 49.3 Å². The molecular weight excluding hydrogens is 274 g/mol. The van der Waals surface area contributed by atoms with E-state index >= 15 is 0 Å². The van der Waals surface area contributed by atoms with Crippen molar-refractivity contribution in [1.29, 1.82) is 0 Å². The summed E-state index contributed by atoms with van der Waals surface area (Å²) in [4.78, 5) is 0. The maximum Gasteiger partial charge on any atom is 0.142 e. The van der Waals surface area contributed by atoms with E-state index in [2.05, 4.69) is 5.10 Å². The van der Waals surface area contributed by atoms with Crippen molar-refractivity contribution >= 4 is 17.4 Å². The zero-order chi connectivity index (χ0) is 14.4. The summed E-state index contributed by atoms with van der Waals surface area (Å²) in [5.74, 6) is 0.666. The van der Waals surface area contributed by atoms with Crippen molar-refractivity contribution in [2.24, 2.45) is 7.05 Å². The van der Waals surface area contributed by atoms with E-state index in [0.29, 0.717) is 10.8 Å². The number of hydrogen-bond donors (Lipinski definition) is 2. The van der Waals surface area contributed by atoms with E-state index in [1.54, 1.807) is 17.9 Å². The van der Waals surface area contributed by atoms with Crippen LogP contribution in [0.4, 0.5) is 5.82 Å². The number of anilines is 1. The third-order valence-corrected chi connectivity index (χ3v) is 4.67. The Bertz CT molecular complexity index is 691. The van der Waals surface area contributed by atoms with Crippen LogP contribution in [0.1, 0.15) is 29.5 Å². The van der Waals surface area contributed by atoms with Crippen molar-refractivity contribution in [3.05, 3.63) is 27.9 Å². The molecule has 1 aromatic heterocycles. The second-order valence-electron chi connectivity index (χ2n) is 5.39. The lowest BCUT2D eigenvalue weighted by Crippen LogP contribution is -2.08. The number of aromatic nitrogens is 2. The molecule has 1 aliphatic carbocycles. The van der Waals surface area contributed by atoms with Gasteiger partial charge in [0.25, 0.3) is 0 Å². The topological polar surface area (TPSA) is 64.1 Å². The van der Waals surface area contributed by atoms with Gasteiger partial charge >= 0.3 is 0 Å². The number of nitrogens with two attached hydrogens (primary N) is 1. The molecule has 0 atom stereocenters. The quantitative estimate of drug-likeness (QED) is 0.848. The fourth-order valence-corrected chi connectivity index (χ4v) is 3.41. The molecule has 0 aliphatic heterocycles. The molecule has 1 heterocycles. The molecule has 0 amide bonds. The summed E-state index contributed by atoms with van der Waals surface area (Å²) in [7, 11) is 1.78. The maximum atomic E-state index is 10.5. The molecule has 2 aromatic rings. The predicted molar refractivity (Wildman–Crippen MR) is 81.1 cm³/mol. The van der Waals surface area contributed by atoms with Gasteiger partial charge in [-0.1, -0.05) is 11.6 Å². The SMILES string of the molecule is Cc1c2c(c(Cl)c(O)c1-c1cnn(C)c1N)CCCC2. The molecule has 0 unspecified atom stereocenters. The Morgan fingerprint density at radius 3 is 2.55 bits per heavy atom. The smallest absolute Gasteiger partial charge is 0.142 e. The number of aryl methyl sites for hydroxylation is 1. The number of benzene rings is 1. The van der Waals surface area contributed by atoms with Crippen LogP contribution < -0.4 is 5.73 Å². The largest absolute Gasteiger partial charge is 0.506 e. The van der Waals surface area contributed by atoms with E-state index in [-0.39, 0.29) is 5.75 Å². The third-order valence-electron chi connectivity index (χ3n) is 4.26. The summed E-state index contributed by atoms with van der Waals surface area (Å²) in [6, 6.07) is 0. The number of nitrogens with zero attached hydrogens (tertiary/aromatic N) is 2. The molecule has 106 valence electrons. The second-order valence-corrected chi connectivity index (χ2v) is 5.77. The van der Waals surface area contributed by atoms with Crippen LogP contribution >= 0.6 is 11.6 Å². The number of aromatic hydroxyl groups is 1. The number of rotatable bonds is 1. The summed E-state index contributed by atoms with van der Waals surface area (Å²) in [5, 5.41) is 15.1. The van der Waals surface area contributed by atoms with Crippen LogP contribution in [0, 0.1) is 6.92 Å². The summed E-state index contributed by atoms with van der Waals surface area (Å²) in [5.41, 5.74) is 10.9. The highest BCUT2D eigenvalue weighted by Crippen LogP contribution is 2.46. The number of hydrogen-bond acceptors (Lipinski definition) is 3. The highest BCUT2D eigenvalue weighted by Gasteiger charge is 2.25. The zero-order valence-electron chi connectivity index (χ0n) is 11.7. The van der Waals surface area contributed by atoms with Crippen LogP contribution in [0.15, 0.2) is 6.20 Å². The standard InChI is InChI=1S/C15H18ClN3O/c1-8-9-5-3-4-6-10(9)13(16)14(20)12(8)11-7-18-19(2)15(11)17/h7,20H,3-6,17H2,1-2H3. The fraction of sp³-hybridized carbons (Fsp3) is 0.400. The van der Waals surface area contributed by atoms with Crippen LogP contribution in [0.3, 0.4) is 0 Å². The van der Waals surface area contributed by atoms with Crippen LogP contribution in [0.2, 0.25) is 5.02 Å². The van der Waals surface area contributed by atoms with Crippen molar-refractivity contribution in [2.45, 2.75) is 32.6 Å². The first-order valence-corrected chi connectivity index (χ1v) is 7.20. The molecule has 20 heavy (non-hydrogen) atoms. The minimum Gasteiger partial charge on any atom is -0.506 e. The Labute approximate surface area is 123 Å². The van der Waals surface area contributed by atoms with E-state index in [4.69, 9.17) is 17.3 Å². The van der Waals surface area contributed by atoms with Gasteiger partial charge < -0.3 is 10.8 Å². The minimum absolute atomic E-state index is 0.129. The van der Waals surface area contributed by atoms with Gasteiger partial charge in [-0.3, -0.25) is 4.68 Å². The van der Waals surface area contributed by atoms with Crippen molar-refractivity contribution in [2.75, 3.05) is 5.73 Å². The van der Waals surface area contributed by atoms with Crippen LogP contribution in [0.25, 0.3) is 11.1 Å². The normalized spacial score (nSPS) is 14.3. The van der Waals surface area contributed by atoms with Crippen LogP contribution in [-0.2, 0) is 19.9 Å². The first kappa shape index (κ1) is 13.3. The van der Waals surface area contributed by atoms with Gasteiger partial charge in [0.1, 0.15) is 11.6 Å². The average molecular weight is 292 g/mol. The maximum absolute atomic E-state index is 10.5. The number of phenols is 1. The monoisotopic (exact) mass is 291 g/mol. The third kappa shape index (κ3) is 1.79. The molecule has 1 aliphatic rings. The Morgan fingerprint density at radius 2 is 1.95 bits per heavy atom.